The third-order valence-electron chi connectivity index (χ3n) is 6.32. The van der Waals surface area contributed by atoms with E-state index in [0.29, 0.717) is 40.5 Å². The summed E-state index contributed by atoms with van der Waals surface area (Å²) in [6.45, 7) is 2.17. The van der Waals surface area contributed by atoms with E-state index in [0.717, 1.165) is 0 Å². The van der Waals surface area contributed by atoms with Gasteiger partial charge < -0.3 is 34.1 Å². The number of carbonyl (C=O) groups excluding carboxylic acids is 2. The van der Waals surface area contributed by atoms with Crippen LogP contribution in [0.15, 0.2) is 66.2 Å². The summed E-state index contributed by atoms with van der Waals surface area (Å²) in [6, 6.07) is 15.6. The molecule has 2 N–H and O–H groups in total. The molecule has 37 heavy (non-hydrogen) atoms. The lowest BCUT2D eigenvalue weighted by Gasteiger charge is -2.26. The van der Waals surface area contributed by atoms with E-state index in [1.54, 1.807) is 49.4 Å². The van der Waals surface area contributed by atoms with Crippen molar-refractivity contribution in [2.75, 3.05) is 20.5 Å². The molecule has 1 amide bonds. The van der Waals surface area contributed by atoms with Crippen LogP contribution in [0.25, 0.3) is 5.76 Å². The van der Waals surface area contributed by atoms with Crippen LogP contribution in [0.1, 0.15) is 29.7 Å². The van der Waals surface area contributed by atoms with Crippen LogP contribution >= 0.6 is 0 Å². The van der Waals surface area contributed by atoms with Crippen molar-refractivity contribution in [3.05, 3.63) is 82.9 Å². The summed E-state index contributed by atoms with van der Waals surface area (Å²) >= 11 is 0. The number of aliphatic hydroxyl groups excluding tert-OH is 1. The van der Waals surface area contributed by atoms with E-state index in [9.17, 15) is 19.8 Å². The number of nitrogens with zero attached hydrogens (tertiary/aromatic N) is 1. The van der Waals surface area contributed by atoms with Crippen molar-refractivity contribution in [2.24, 2.45) is 0 Å². The lowest BCUT2D eigenvalue weighted by atomic mass is 9.94. The fourth-order valence-electron chi connectivity index (χ4n) is 4.58. The molecule has 5 rings (SSSR count). The van der Waals surface area contributed by atoms with Crippen molar-refractivity contribution in [3.8, 4) is 28.7 Å². The average Bonchev–Trinajstić information content (AvgIpc) is 3.48. The maximum atomic E-state index is 13.4. The number of phenolic OH excluding ortho intramolecular Hbond substituents is 1. The van der Waals surface area contributed by atoms with Crippen LogP contribution in [-0.2, 0) is 16.1 Å². The molecule has 0 saturated carbocycles. The summed E-state index contributed by atoms with van der Waals surface area (Å²) < 4.78 is 21.8. The van der Waals surface area contributed by atoms with Gasteiger partial charge in [-0.3, -0.25) is 9.59 Å². The molecule has 190 valence electrons. The first kappa shape index (κ1) is 24.1. The minimum atomic E-state index is -0.963. The van der Waals surface area contributed by atoms with Crippen molar-refractivity contribution in [2.45, 2.75) is 19.5 Å². The molecular weight excluding hydrogens is 478 g/mol. The fraction of sp³-hybridized carbons (Fsp3) is 0.214. The van der Waals surface area contributed by atoms with E-state index in [-0.39, 0.29) is 36.2 Å². The van der Waals surface area contributed by atoms with E-state index in [2.05, 4.69) is 0 Å². The standard InChI is InChI=1S/C28H25NO8/c1-3-35-22-12-16(8-10-19(22)30)25-24(26(31)17-9-11-21-23(13-17)37-15-36-21)27(32)28(33)29(25)14-18-6-4-5-7-20(18)34-2/h4-13,25,30-31H,3,14-15H2,1-2H3/b26-24+. The number of methoxy groups -OCH3 is 1. The number of carbonyl (C=O) groups is 2. The summed E-state index contributed by atoms with van der Waals surface area (Å²) in [4.78, 5) is 28.1. The first-order valence-electron chi connectivity index (χ1n) is 11.7. The zero-order valence-corrected chi connectivity index (χ0v) is 20.3. The average molecular weight is 504 g/mol. The van der Waals surface area contributed by atoms with Crippen molar-refractivity contribution < 1.29 is 38.7 Å². The molecule has 1 fully saturated rings. The number of ketones is 1. The summed E-state index contributed by atoms with van der Waals surface area (Å²) in [7, 11) is 1.53. The van der Waals surface area contributed by atoms with Crippen LogP contribution in [0.5, 0.6) is 28.7 Å². The predicted octanol–water partition coefficient (Wildman–Crippen LogP) is 4.15. The topological polar surface area (TPSA) is 115 Å². The molecule has 9 nitrogen and oxygen atoms in total. The zero-order chi connectivity index (χ0) is 26.1. The Labute approximate surface area is 213 Å². The number of aliphatic hydroxyl groups is 1. The highest BCUT2D eigenvalue weighted by atomic mass is 16.7. The van der Waals surface area contributed by atoms with Crippen LogP contribution in [0.4, 0.5) is 0 Å². The van der Waals surface area contributed by atoms with Crippen molar-refractivity contribution in [1.29, 1.82) is 0 Å². The Hall–Kier alpha value is -4.66. The number of benzene rings is 3. The number of para-hydroxylation sites is 1. The maximum absolute atomic E-state index is 13.4. The molecule has 0 radical (unpaired) electrons. The maximum Gasteiger partial charge on any atom is 0.295 e. The highest BCUT2D eigenvalue weighted by molar-refractivity contribution is 6.46. The number of hydrogen-bond donors (Lipinski definition) is 2. The number of amides is 1. The predicted molar refractivity (Wildman–Crippen MR) is 133 cm³/mol. The van der Waals surface area contributed by atoms with Crippen LogP contribution in [0, 0.1) is 0 Å². The monoisotopic (exact) mass is 503 g/mol. The van der Waals surface area contributed by atoms with Gasteiger partial charge in [-0.2, -0.15) is 0 Å². The second-order valence-electron chi connectivity index (χ2n) is 8.47. The molecule has 1 saturated heterocycles. The fourth-order valence-corrected chi connectivity index (χ4v) is 4.58. The van der Waals surface area contributed by atoms with Crippen LogP contribution in [0.2, 0.25) is 0 Å². The molecule has 0 spiro atoms. The molecule has 2 aliphatic rings. The van der Waals surface area contributed by atoms with Gasteiger partial charge >= 0.3 is 0 Å². The van der Waals surface area contributed by atoms with Gasteiger partial charge in [-0.15, -0.1) is 0 Å². The van der Waals surface area contributed by atoms with Gasteiger partial charge in [-0.05, 0) is 48.9 Å². The Morgan fingerprint density at radius 3 is 2.59 bits per heavy atom. The third-order valence-corrected chi connectivity index (χ3v) is 6.32. The van der Waals surface area contributed by atoms with Gasteiger partial charge in [0.05, 0.1) is 31.9 Å². The number of likely N-dealkylation sites (tertiary alicyclic amines) is 1. The highest BCUT2D eigenvalue weighted by Gasteiger charge is 2.46. The van der Waals surface area contributed by atoms with Gasteiger partial charge in [0, 0.05) is 11.1 Å². The summed E-state index contributed by atoms with van der Waals surface area (Å²) in [5.74, 6) is -0.342. The van der Waals surface area contributed by atoms with E-state index in [4.69, 9.17) is 18.9 Å². The van der Waals surface area contributed by atoms with Gasteiger partial charge in [0.1, 0.15) is 11.5 Å². The molecule has 0 aliphatic carbocycles. The zero-order valence-electron chi connectivity index (χ0n) is 20.3. The third kappa shape index (κ3) is 4.29. The molecule has 0 bridgehead atoms. The van der Waals surface area contributed by atoms with Gasteiger partial charge in [0.15, 0.2) is 23.0 Å². The Bertz CT molecular complexity index is 1410. The van der Waals surface area contributed by atoms with Gasteiger partial charge in [0.25, 0.3) is 11.7 Å². The summed E-state index contributed by atoms with van der Waals surface area (Å²) in [6.07, 6.45) is 0. The molecule has 1 unspecified atom stereocenters. The number of fused-ring (bicyclic) bond motifs is 1. The Morgan fingerprint density at radius 1 is 1.03 bits per heavy atom. The number of hydrogen-bond acceptors (Lipinski definition) is 8. The van der Waals surface area contributed by atoms with E-state index >= 15 is 0 Å². The van der Waals surface area contributed by atoms with Gasteiger partial charge in [-0.25, -0.2) is 0 Å². The lowest BCUT2D eigenvalue weighted by Crippen LogP contribution is -2.29. The lowest BCUT2D eigenvalue weighted by molar-refractivity contribution is -0.140. The molecule has 1 atom stereocenters. The van der Waals surface area contributed by atoms with Gasteiger partial charge in [0.2, 0.25) is 6.79 Å². The molecule has 2 heterocycles. The second kappa shape index (κ2) is 9.77. The Kier molecular flexibility index (Phi) is 6.35. The van der Waals surface area contributed by atoms with Crippen molar-refractivity contribution >= 4 is 17.4 Å². The molecule has 3 aromatic rings. The Morgan fingerprint density at radius 2 is 1.81 bits per heavy atom. The number of phenols is 1. The van der Waals surface area contributed by atoms with E-state index in [1.165, 1.54) is 18.1 Å². The van der Waals surface area contributed by atoms with Gasteiger partial charge in [-0.1, -0.05) is 24.3 Å². The van der Waals surface area contributed by atoms with E-state index < -0.39 is 17.7 Å². The smallest absolute Gasteiger partial charge is 0.295 e. The SMILES string of the molecule is CCOc1cc(C2/C(=C(\O)c3ccc4c(c3)OCO4)C(=O)C(=O)N2Cc2ccccc2OC)ccc1O. The van der Waals surface area contributed by atoms with Crippen LogP contribution < -0.4 is 18.9 Å². The molecule has 0 aromatic heterocycles. The minimum absolute atomic E-state index is 0.0437. The second-order valence-corrected chi connectivity index (χ2v) is 8.47. The molecule has 2 aliphatic heterocycles. The quantitative estimate of drug-likeness (QED) is 0.281. The first-order valence-corrected chi connectivity index (χ1v) is 11.7. The highest BCUT2D eigenvalue weighted by Crippen LogP contribution is 2.44. The van der Waals surface area contributed by atoms with E-state index in [1.807, 2.05) is 12.1 Å². The molecular formula is C28H25NO8. The largest absolute Gasteiger partial charge is 0.507 e. The minimum Gasteiger partial charge on any atom is -0.507 e. The van der Waals surface area contributed by atoms with Crippen LogP contribution in [0.3, 0.4) is 0 Å². The Balaban J connectivity index is 1.66. The number of Topliss-reactive ketones (excluding diaryl/α,β-unsaturated/α-hetero) is 1. The van der Waals surface area contributed by atoms with Crippen molar-refractivity contribution in [3.63, 3.8) is 0 Å². The number of ether oxygens (including phenoxy) is 4. The summed E-state index contributed by atoms with van der Waals surface area (Å²) in [5, 5.41) is 21.6. The van der Waals surface area contributed by atoms with Crippen molar-refractivity contribution in [1.82, 2.24) is 4.90 Å². The first-order chi connectivity index (χ1) is 17.9. The number of aromatic hydroxyl groups is 1. The number of rotatable bonds is 7. The normalized spacial score (nSPS) is 17.8. The van der Waals surface area contributed by atoms with Crippen LogP contribution in [-0.4, -0.2) is 47.3 Å². The summed E-state index contributed by atoms with van der Waals surface area (Å²) in [5.41, 5.74) is 1.38. The molecule has 3 aromatic carbocycles. The molecule has 9 heteroatoms.